The van der Waals surface area contributed by atoms with E-state index in [9.17, 15) is 4.79 Å². The standard InChI is InChI=1S/C14H17N3O2S/c1-9(14-16-5-6-20-14)8-17-13(18)11-4-3-10(19-2)7-12(11)15/h3-7,9H,8,15H2,1-2H3,(H,17,18). The first kappa shape index (κ1) is 14.3. The van der Waals surface area contributed by atoms with Crippen LogP contribution in [0.2, 0.25) is 0 Å². The van der Waals surface area contributed by atoms with Crippen LogP contribution >= 0.6 is 11.3 Å². The first-order valence-electron chi connectivity index (χ1n) is 6.23. The monoisotopic (exact) mass is 291 g/mol. The van der Waals surface area contributed by atoms with E-state index in [0.717, 1.165) is 5.01 Å². The summed E-state index contributed by atoms with van der Waals surface area (Å²) in [5, 5.41) is 5.81. The van der Waals surface area contributed by atoms with E-state index >= 15 is 0 Å². The number of ether oxygens (including phenoxy) is 1. The number of rotatable bonds is 5. The van der Waals surface area contributed by atoms with Crippen LogP contribution in [0, 0.1) is 0 Å². The molecule has 1 aromatic heterocycles. The minimum Gasteiger partial charge on any atom is -0.497 e. The molecule has 0 fully saturated rings. The fraction of sp³-hybridized carbons (Fsp3) is 0.286. The zero-order valence-corrected chi connectivity index (χ0v) is 12.2. The summed E-state index contributed by atoms with van der Waals surface area (Å²) in [7, 11) is 1.56. The van der Waals surface area contributed by atoms with Crippen molar-refractivity contribution in [1.82, 2.24) is 10.3 Å². The van der Waals surface area contributed by atoms with Gasteiger partial charge in [-0.15, -0.1) is 11.3 Å². The summed E-state index contributed by atoms with van der Waals surface area (Å²) >= 11 is 1.58. The average molecular weight is 291 g/mol. The highest BCUT2D eigenvalue weighted by Gasteiger charge is 2.13. The van der Waals surface area contributed by atoms with Crippen molar-refractivity contribution in [1.29, 1.82) is 0 Å². The number of hydrogen-bond acceptors (Lipinski definition) is 5. The molecule has 3 N–H and O–H groups in total. The van der Waals surface area contributed by atoms with Crippen LogP contribution in [0.15, 0.2) is 29.8 Å². The lowest BCUT2D eigenvalue weighted by Crippen LogP contribution is -2.28. The summed E-state index contributed by atoms with van der Waals surface area (Å²) in [6, 6.07) is 5.02. The van der Waals surface area contributed by atoms with Crippen LogP contribution in [0.25, 0.3) is 0 Å². The van der Waals surface area contributed by atoms with E-state index in [1.807, 2.05) is 12.3 Å². The third kappa shape index (κ3) is 3.27. The Kier molecular flexibility index (Phi) is 4.57. The van der Waals surface area contributed by atoms with Crippen LogP contribution in [-0.4, -0.2) is 24.5 Å². The third-order valence-electron chi connectivity index (χ3n) is 2.95. The van der Waals surface area contributed by atoms with Crippen LogP contribution in [0.1, 0.15) is 28.2 Å². The van der Waals surface area contributed by atoms with Crippen molar-refractivity contribution in [2.75, 3.05) is 19.4 Å². The van der Waals surface area contributed by atoms with Gasteiger partial charge in [-0.05, 0) is 12.1 Å². The number of thiazole rings is 1. The number of aromatic nitrogens is 1. The SMILES string of the molecule is COc1ccc(C(=O)NCC(C)c2nccs2)c(N)c1. The highest BCUT2D eigenvalue weighted by atomic mass is 32.1. The van der Waals surface area contributed by atoms with E-state index in [2.05, 4.69) is 10.3 Å². The molecule has 0 aliphatic rings. The lowest BCUT2D eigenvalue weighted by atomic mass is 10.1. The molecule has 0 spiro atoms. The number of methoxy groups -OCH3 is 1. The minimum atomic E-state index is -0.187. The molecule has 1 amide bonds. The van der Waals surface area contributed by atoms with Crippen LogP contribution in [0.3, 0.4) is 0 Å². The first-order chi connectivity index (χ1) is 9.61. The Morgan fingerprint density at radius 2 is 2.35 bits per heavy atom. The molecule has 2 aromatic rings. The first-order valence-corrected chi connectivity index (χ1v) is 7.11. The molecule has 6 heteroatoms. The van der Waals surface area contributed by atoms with E-state index in [0.29, 0.717) is 23.5 Å². The molecule has 0 bridgehead atoms. The number of carbonyl (C=O) groups is 1. The molecule has 2 rings (SSSR count). The number of hydrogen-bond donors (Lipinski definition) is 2. The Hall–Kier alpha value is -2.08. The summed E-state index contributed by atoms with van der Waals surface area (Å²) in [4.78, 5) is 16.3. The molecule has 106 valence electrons. The summed E-state index contributed by atoms with van der Waals surface area (Å²) in [5.74, 6) is 0.627. The van der Waals surface area contributed by atoms with Gasteiger partial charge >= 0.3 is 0 Å². The number of nitrogens with zero attached hydrogens (tertiary/aromatic N) is 1. The molecule has 1 atom stereocenters. The quantitative estimate of drug-likeness (QED) is 0.828. The minimum absolute atomic E-state index is 0.179. The Balaban J connectivity index is 1.98. The predicted octanol–water partition coefficient (Wildman–Crippen LogP) is 2.27. The summed E-state index contributed by atoms with van der Waals surface area (Å²) in [6.45, 7) is 2.55. The van der Waals surface area contributed by atoms with Gasteiger partial charge in [0.2, 0.25) is 0 Å². The van der Waals surface area contributed by atoms with Crippen LogP contribution < -0.4 is 15.8 Å². The van der Waals surface area contributed by atoms with E-state index in [1.165, 1.54) is 0 Å². The fourth-order valence-corrected chi connectivity index (χ4v) is 2.48. The zero-order chi connectivity index (χ0) is 14.5. The van der Waals surface area contributed by atoms with Gasteiger partial charge in [-0.2, -0.15) is 0 Å². The van der Waals surface area contributed by atoms with Crippen molar-refractivity contribution < 1.29 is 9.53 Å². The van der Waals surface area contributed by atoms with Crippen molar-refractivity contribution in [2.45, 2.75) is 12.8 Å². The van der Waals surface area contributed by atoms with Crippen LogP contribution in [0.4, 0.5) is 5.69 Å². The smallest absolute Gasteiger partial charge is 0.253 e. The maximum absolute atomic E-state index is 12.1. The summed E-state index contributed by atoms with van der Waals surface area (Å²) < 4.78 is 5.06. The van der Waals surface area contributed by atoms with Gasteiger partial charge < -0.3 is 15.8 Å². The highest BCUT2D eigenvalue weighted by Crippen LogP contribution is 2.20. The number of nitrogens with two attached hydrogens (primary N) is 1. The second kappa shape index (κ2) is 6.38. The molecular weight excluding hydrogens is 274 g/mol. The van der Waals surface area contributed by atoms with Gasteiger partial charge in [-0.3, -0.25) is 4.79 Å². The molecular formula is C14H17N3O2S. The number of benzene rings is 1. The van der Waals surface area contributed by atoms with Gasteiger partial charge in [-0.1, -0.05) is 6.92 Å². The lowest BCUT2D eigenvalue weighted by Gasteiger charge is -2.12. The van der Waals surface area contributed by atoms with Gasteiger partial charge in [0.25, 0.3) is 5.91 Å². The topological polar surface area (TPSA) is 77.2 Å². The molecule has 0 aliphatic carbocycles. The number of amides is 1. The van der Waals surface area contributed by atoms with Gasteiger partial charge in [0, 0.05) is 35.8 Å². The van der Waals surface area contributed by atoms with Gasteiger partial charge in [-0.25, -0.2) is 4.98 Å². The molecule has 0 radical (unpaired) electrons. The molecule has 0 saturated carbocycles. The van der Waals surface area contributed by atoms with Crippen molar-refractivity contribution in [2.24, 2.45) is 0 Å². The number of carbonyl (C=O) groups excluding carboxylic acids is 1. The Morgan fingerprint density at radius 3 is 2.95 bits per heavy atom. The maximum Gasteiger partial charge on any atom is 0.253 e. The largest absolute Gasteiger partial charge is 0.497 e. The van der Waals surface area contributed by atoms with Gasteiger partial charge in [0.15, 0.2) is 0 Å². The second-order valence-corrected chi connectivity index (χ2v) is 5.36. The Labute approximate surface area is 121 Å². The highest BCUT2D eigenvalue weighted by molar-refractivity contribution is 7.09. The molecule has 20 heavy (non-hydrogen) atoms. The number of nitrogens with one attached hydrogen (secondary N) is 1. The molecule has 1 aromatic carbocycles. The van der Waals surface area contributed by atoms with Crippen LogP contribution in [0.5, 0.6) is 5.75 Å². The summed E-state index contributed by atoms with van der Waals surface area (Å²) in [6.07, 6.45) is 1.76. The Morgan fingerprint density at radius 1 is 1.55 bits per heavy atom. The van der Waals surface area contributed by atoms with E-state index in [1.54, 1.807) is 42.8 Å². The molecule has 1 heterocycles. The Bertz CT molecular complexity index is 584. The van der Waals surface area contributed by atoms with Crippen molar-refractivity contribution >= 4 is 22.9 Å². The van der Waals surface area contributed by atoms with Crippen molar-refractivity contribution in [3.05, 3.63) is 40.3 Å². The van der Waals surface area contributed by atoms with Crippen molar-refractivity contribution in [3.8, 4) is 5.75 Å². The van der Waals surface area contributed by atoms with E-state index in [4.69, 9.17) is 10.5 Å². The molecule has 0 saturated heterocycles. The normalized spacial score (nSPS) is 11.9. The van der Waals surface area contributed by atoms with E-state index < -0.39 is 0 Å². The molecule has 0 aliphatic heterocycles. The third-order valence-corrected chi connectivity index (χ3v) is 3.95. The lowest BCUT2D eigenvalue weighted by molar-refractivity contribution is 0.0952. The zero-order valence-electron chi connectivity index (χ0n) is 11.4. The van der Waals surface area contributed by atoms with Crippen molar-refractivity contribution in [3.63, 3.8) is 0 Å². The maximum atomic E-state index is 12.1. The fourth-order valence-electron chi connectivity index (χ4n) is 1.78. The summed E-state index contributed by atoms with van der Waals surface area (Å²) in [5.41, 5.74) is 6.71. The molecule has 5 nitrogen and oxygen atoms in total. The van der Waals surface area contributed by atoms with Gasteiger partial charge in [0.1, 0.15) is 5.75 Å². The predicted molar refractivity (Wildman–Crippen MR) is 80.3 cm³/mol. The average Bonchev–Trinajstić information content (AvgIpc) is 2.98. The number of nitrogen functional groups attached to an aromatic ring is 1. The number of anilines is 1. The van der Waals surface area contributed by atoms with E-state index in [-0.39, 0.29) is 11.8 Å². The van der Waals surface area contributed by atoms with Gasteiger partial charge in [0.05, 0.1) is 17.7 Å². The molecule has 1 unspecified atom stereocenters. The second-order valence-electron chi connectivity index (χ2n) is 4.43. The van der Waals surface area contributed by atoms with Crippen LogP contribution in [-0.2, 0) is 0 Å².